The van der Waals surface area contributed by atoms with Crippen LogP contribution in [0.4, 0.5) is 13.2 Å². The molecule has 0 aliphatic carbocycles. The number of hydrogen-bond acceptors (Lipinski definition) is 4. The average Bonchev–Trinajstić information content (AvgIpc) is 2.92. The molecular formula is C15H8F3NO3. The number of carbonyl (C=O) groups is 1. The summed E-state index contributed by atoms with van der Waals surface area (Å²) in [4.78, 5) is 14.6. The highest BCUT2D eigenvalue weighted by Gasteiger charge is 2.31. The van der Waals surface area contributed by atoms with Gasteiger partial charge < -0.3 is 9.52 Å². The van der Waals surface area contributed by atoms with Crippen molar-refractivity contribution in [3.05, 3.63) is 48.0 Å². The largest absolute Gasteiger partial charge is 0.505 e. The molecule has 7 heteroatoms. The number of aldehydes is 1. The van der Waals surface area contributed by atoms with Crippen molar-refractivity contribution >= 4 is 17.1 Å². The van der Waals surface area contributed by atoms with E-state index in [2.05, 4.69) is 4.98 Å². The molecule has 3 rings (SSSR count). The van der Waals surface area contributed by atoms with Gasteiger partial charge in [0.2, 0.25) is 0 Å². The van der Waals surface area contributed by atoms with Gasteiger partial charge in [-0.15, -0.1) is 0 Å². The third-order valence-corrected chi connectivity index (χ3v) is 3.21. The first kappa shape index (κ1) is 14.1. The molecule has 0 aliphatic heterocycles. The van der Waals surface area contributed by atoms with Crippen LogP contribution in [0.2, 0.25) is 0 Å². The fourth-order valence-electron chi connectivity index (χ4n) is 2.17. The molecule has 22 heavy (non-hydrogen) atoms. The second-order valence-electron chi connectivity index (χ2n) is 4.58. The number of rotatable bonds is 2. The maximum absolute atomic E-state index is 12.8. The SMILES string of the molecule is O=Cc1ncc2coc(-c3cccc(C(F)(F)F)c3)c2c1O. The molecule has 2 heterocycles. The lowest BCUT2D eigenvalue weighted by atomic mass is 10.0. The number of nitrogens with zero attached hydrogens (tertiary/aromatic N) is 1. The molecule has 0 radical (unpaired) electrons. The maximum atomic E-state index is 12.8. The third-order valence-electron chi connectivity index (χ3n) is 3.21. The van der Waals surface area contributed by atoms with Crippen LogP contribution < -0.4 is 0 Å². The van der Waals surface area contributed by atoms with Crippen LogP contribution in [0.3, 0.4) is 0 Å². The minimum atomic E-state index is -4.49. The van der Waals surface area contributed by atoms with E-state index in [0.29, 0.717) is 11.7 Å². The van der Waals surface area contributed by atoms with Gasteiger partial charge in [-0.2, -0.15) is 13.2 Å². The second-order valence-corrected chi connectivity index (χ2v) is 4.58. The second kappa shape index (κ2) is 4.87. The Morgan fingerprint density at radius 1 is 1.27 bits per heavy atom. The van der Waals surface area contributed by atoms with Gasteiger partial charge in [-0.25, -0.2) is 4.98 Å². The summed E-state index contributed by atoms with van der Waals surface area (Å²) >= 11 is 0. The van der Waals surface area contributed by atoms with Gasteiger partial charge >= 0.3 is 6.18 Å². The number of pyridine rings is 1. The molecule has 0 amide bonds. The number of fused-ring (bicyclic) bond motifs is 1. The first-order chi connectivity index (χ1) is 10.4. The molecule has 112 valence electrons. The van der Waals surface area contributed by atoms with Gasteiger partial charge in [-0.05, 0) is 12.1 Å². The molecule has 2 aromatic heterocycles. The van der Waals surface area contributed by atoms with Gasteiger partial charge in [0, 0.05) is 17.1 Å². The van der Waals surface area contributed by atoms with Crippen LogP contribution in [0.1, 0.15) is 16.1 Å². The lowest BCUT2D eigenvalue weighted by Crippen LogP contribution is -2.04. The van der Waals surface area contributed by atoms with Crippen molar-refractivity contribution in [1.29, 1.82) is 0 Å². The topological polar surface area (TPSA) is 63.3 Å². The number of halogens is 3. The van der Waals surface area contributed by atoms with Crippen molar-refractivity contribution in [2.75, 3.05) is 0 Å². The smallest absolute Gasteiger partial charge is 0.416 e. The zero-order chi connectivity index (χ0) is 15.9. The fraction of sp³-hybridized carbons (Fsp3) is 0.0667. The Labute approximate surface area is 121 Å². The lowest BCUT2D eigenvalue weighted by molar-refractivity contribution is -0.137. The Bertz CT molecular complexity index is 868. The van der Waals surface area contributed by atoms with Crippen molar-refractivity contribution in [2.45, 2.75) is 6.18 Å². The fourth-order valence-corrected chi connectivity index (χ4v) is 2.17. The van der Waals surface area contributed by atoms with Crippen LogP contribution in [-0.4, -0.2) is 16.4 Å². The van der Waals surface area contributed by atoms with E-state index in [-0.39, 0.29) is 22.4 Å². The zero-order valence-electron chi connectivity index (χ0n) is 10.9. The van der Waals surface area contributed by atoms with Crippen LogP contribution >= 0.6 is 0 Å². The van der Waals surface area contributed by atoms with Gasteiger partial charge in [0.05, 0.1) is 10.9 Å². The van der Waals surface area contributed by atoms with Crippen molar-refractivity contribution < 1.29 is 27.5 Å². The summed E-state index contributed by atoms with van der Waals surface area (Å²) in [7, 11) is 0. The number of aromatic hydroxyl groups is 1. The first-order valence-corrected chi connectivity index (χ1v) is 6.14. The standard InChI is InChI=1S/C15H8F3NO3/c16-15(17,18)10-3-1-2-8(4-10)14-12-9(7-22-14)5-19-11(6-20)13(12)21/h1-7,21H. The highest BCUT2D eigenvalue weighted by Crippen LogP contribution is 2.39. The quantitative estimate of drug-likeness (QED) is 0.726. The van der Waals surface area contributed by atoms with E-state index in [0.717, 1.165) is 12.1 Å². The molecule has 0 fully saturated rings. The van der Waals surface area contributed by atoms with Gasteiger partial charge in [-0.1, -0.05) is 12.1 Å². The number of aromatic nitrogens is 1. The highest BCUT2D eigenvalue weighted by molar-refractivity contribution is 6.01. The number of carbonyl (C=O) groups excluding carboxylic acids is 1. The molecule has 0 saturated carbocycles. The summed E-state index contributed by atoms with van der Waals surface area (Å²) in [6, 6.07) is 4.52. The van der Waals surface area contributed by atoms with Gasteiger partial charge in [-0.3, -0.25) is 4.79 Å². The molecular weight excluding hydrogens is 299 g/mol. The van der Waals surface area contributed by atoms with Crippen LogP contribution in [0.5, 0.6) is 5.75 Å². The van der Waals surface area contributed by atoms with Crippen LogP contribution in [0.25, 0.3) is 22.1 Å². The van der Waals surface area contributed by atoms with Gasteiger partial charge in [0.1, 0.15) is 17.7 Å². The van der Waals surface area contributed by atoms with E-state index in [9.17, 15) is 23.1 Å². The summed E-state index contributed by atoms with van der Waals surface area (Å²) in [5.41, 5.74) is -0.899. The predicted molar refractivity (Wildman–Crippen MR) is 71.5 cm³/mol. The molecule has 0 saturated heterocycles. The van der Waals surface area contributed by atoms with Crippen molar-refractivity contribution in [1.82, 2.24) is 4.98 Å². The van der Waals surface area contributed by atoms with Gasteiger partial charge in [0.15, 0.2) is 12.0 Å². The number of furan rings is 1. The Morgan fingerprint density at radius 2 is 2.05 bits per heavy atom. The molecule has 4 nitrogen and oxygen atoms in total. The van der Waals surface area contributed by atoms with Crippen molar-refractivity contribution in [3.8, 4) is 17.1 Å². The molecule has 0 spiro atoms. The Hall–Kier alpha value is -2.83. The molecule has 0 atom stereocenters. The van der Waals surface area contributed by atoms with Crippen molar-refractivity contribution in [3.63, 3.8) is 0 Å². The summed E-state index contributed by atoms with van der Waals surface area (Å²) in [6.07, 6.45) is -1.57. The van der Waals surface area contributed by atoms with E-state index in [1.165, 1.54) is 24.6 Å². The number of hydrogen-bond donors (Lipinski definition) is 1. The highest BCUT2D eigenvalue weighted by atomic mass is 19.4. The summed E-state index contributed by atoms with van der Waals surface area (Å²) in [6.45, 7) is 0. The van der Waals surface area contributed by atoms with E-state index in [1.54, 1.807) is 0 Å². The van der Waals surface area contributed by atoms with Crippen molar-refractivity contribution in [2.24, 2.45) is 0 Å². The average molecular weight is 307 g/mol. The molecule has 1 N–H and O–H groups in total. The monoisotopic (exact) mass is 307 g/mol. The first-order valence-electron chi connectivity index (χ1n) is 6.14. The Balaban J connectivity index is 2.25. The van der Waals surface area contributed by atoms with Gasteiger partial charge in [0.25, 0.3) is 0 Å². The molecule has 3 aromatic rings. The Morgan fingerprint density at radius 3 is 2.73 bits per heavy atom. The number of alkyl halides is 3. The molecule has 0 unspecified atom stereocenters. The third kappa shape index (κ3) is 2.20. The normalized spacial score (nSPS) is 11.8. The van der Waals surface area contributed by atoms with E-state index in [4.69, 9.17) is 4.42 Å². The summed E-state index contributed by atoms with van der Waals surface area (Å²) in [5, 5.41) is 10.6. The van der Waals surface area contributed by atoms with Crippen LogP contribution in [0.15, 0.2) is 41.1 Å². The zero-order valence-corrected chi connectivity index (χ0v) is 10.9. The van der Waals surface area contributed by atoms with Crippen LogP contribution in [0, 0.1) is 0 Å². The molecule has 1 aromatic carbocycles. The molecule has 0 bridgehead atoms. The summed E-state index contributed by atoms with van der Waals surface area (Å²) in [5.74, 6) is -0.377. The van der Waals surface area contributed by atoms with E-state index >= 15 is 0 Å². The van der Waals surface area contributed by atoms with Crippen LogP contribution in [-0.2, 0) is 6.18 Å². The Kier molecular flexibility index (Phi) is 3.13. The molecule has 0 aliphatic rings. The van der Waals surface area contributed by atoms with E-state index < -0.39 is 17.5 Å². The minimum absolute atomic E-state index is 0.0455. The lowest BCUT2D eigenvalue weighted by Gasteiger charge is -2.08. The summed E-state index contributed by atoms with van der Waals surface area (Å²) < 4.78 is 43.6. The minimum Gasteiger partial charge on any atom is -0.505 e. The van der Waals surface area contributed by atoms with E-state index in [1.807, 2.05) is 0 Å². The predicted octanol–water partition coefficient (Wildman–Crippen LogP) is 4.03. The number of benzene rings is 1. The maximum Gasteiger partial charge on any atom is 0.416 e.